The maximum absolute atomic E-state index is 13.8. The molecule has 1 heterocycles. The molecule has 0 spiro atoms. The van der Waals surface area contributed by atoms with Crippen molar-refractivity contribution in [2.45, 2.75) is 52.2 Å². The molecule has 0 fully saturated rings. The van der Waals surface area contributed by atoms with Crippen molar-refractivity contribution in [1.29, 1.82) is 0 Å². The summed E-state index contributed by atoms with van der Waals surface area (Å²) in [5.74, 6) is -0.0840. The molecule has 1 aliphatic rings. The van der Waals surface area contributed by atoms with Crippen LogP contribution < -0.4 is 19.1 Å². The number of rotatable bonds is 9. The Bertz CT molecular complexity index is 1280. The maximum Gasteiger partial charge on any atom is 0.244 e. The molecule has 0 aliphatic carbocycles. The molecule has 0 aromatic heterocycles. The zero-order valence-corrected chi connectivity index (χ0v) is 23.7. The SMILES string of the molecule is CC[C@H](C(=O)NC(C)(C)C)N(Cc1ccc(Cl)cc1Cl)C(=O)CN(c1ccc2c(c1)OCO2)S(C)(=O)=O. The fourth-order valence-electron chi connectivity index (χ4n) is 3.86. The number of nitrogens with zero attached hydrogens (tertiary/aromatic N) is 2. The third-order valence-corrected chi connectivity index (χ3v) is 7.29. The fourth-order valence-corrected chi connectivity index (χ4v) is 5.17. The standard InChI is InChI=1S/C25H31Cl2N3O6S/c1-6-20(24(32)28-25(2,3)4)29(13-16-7-8-17(26)11-19(16)27)23(31)14-30(37(5,33)34)18-9-10-21-22(12-18)36-15-35-21/h7-12,20H,6,13-15H2,1-5H3,(H,28,32)/t20-/m1/s1. The number of amides is 2. The van der Waals surface area contributed by atoms with Gasteiger partial charge in [0.05, 0.1) is 11.9 Å². The molecule has 2 aromatic carbocycles. The van der Waals surface area contributed by atoms with Gasteiger partial charge in [-0.05, 0) is 57.0 Å². The molecule has 3 rings (SSSR count). The van der Waals surface area contributed by atoms with Crippen LogP contribution in [0.2, 0.25) is 10.0 Å². The first-order valence-corrected chi connectivity index (χ1v) is 14.2. The molecule has 2 amide bonds. The molecule has 0 unspecified atom stereocenters. The molecule has 202 valence electrons. The van der Waals surface area contributed by atoms with Gasteiger partial charge in [0, 0.05) is 28.2 Å². The summed E-state index contributed by atoms with van der Waals surface area (Å²) in [5, 5.41) is 3.66. The summed E-state index contributed by atoms with van der Waals surface area (Å²) in [6, 6.07) is 8.59. The topological polar surface area (TPSA) is 105 Å². The van der Waals surface area contributed by atoms with E-state index in [1.807, 2.05) is 20.8 Å². The maximum atomic E-state index is 13.8. The number of hydrogen-bond donors (Lipinski definition) is 1. The van der Waals surface area contributed by atoms with E-state index in [1.54, 1.807) is 31.2 Å². The summed E-state index contributed by atoms with van der Waals surface area (Å²) in [6.07, 6.45) is 1.30. The van der Waals surface area contributed by atoms with E-state index in [0.29, 0.717) is 33.5 Å². The van der Waals surface area contributed by atoms with Crippen LogP contribution in [0.5, 0.6) is 11.5 Å². The number of fused-ring (bicyclic) bond motifs is 1. The highest BCUT2D eigenvalue weighted by atomic mass is 35.5. The Morgan fingerprint density at radius 1 is 1.08 bits per heavy atom. The molecule has 0 saturated heterocycles. The molecule has 0 radical (unpaired) electrons. The van der Waals surface area contributed by atoms with Crippen molar-refractivity contribution >= 4 is 50.7 Å². The number of hydrogen-bond acceptors (Lipinski definition) is 6. The second-order valence-electron chi connectivity index (χ2n) is 9.73. The lowest BCUT2D eigenvalue weighted by Gasteiger charge is -2.34. The Balaban J connectivity index is 1.99. The van der Waals surface area contributed by atoms with Crippen LogP contribution >= 0.6 is 23.2 Å². The van der Waals surface area contributed by atoms with Crippen LogP contribution in [0.15, 0.2) is 36.4 Å². The zero-order chi connectivity index (χ0) is 27.5. The number of benzene rings is 2. The lowest BCUT2D eigenvalue weighted by Crippen LogP contribution is -2.55. The van der Waals surface area contributed by atoms with Crippen LogP contribution in [0, 0.1) is 0 Å². The highest BCUT2D eigenvalue weighted by Crippen LogP contribution is 2.36. The van der Waals surface area contributed by atoms with Crippen molar-refractivity contribution in [3.05, 3.63) is 52.0 Å². The third kappa shape index (κ3) is 7.43. The van der Waals surface area contributed by atoms with Crippen LogP contribution in [0.1, 0.15) is 39.7 Å². The van der Waals surface area contributed by atoms with Crippen LogP contribution in [0.25, 0.3) is 0 Å². The first kappa shape index (κ1) is 28.9. The molecule has 0 bridgehead atoms. The smallest absolute Gasteiger partial charge is 0.244 e. The number of ether oxygens (including phenoxy) is 2. The Hall–Kier alpha value is -2.69. The van der Waals surface area contributed by atoms with Gasteiger partial charge in [0.25, 0.3) is 0 Å². The summed E-state index contributed by atoms with van der Waals surface area (Å²) in [6.45, 7) is 6.75. The zero-order valence-electron chi connectivity index (χ0n) is 21.4. The van der Waals surface area contributed by atoms with E-state index in [4.69, 9.17) is 32.7 Å². The average molecular weight is 573 g/mol. The van der Waals surface area contributed by atoms with Crippen LogP contribution in [0.3, 0.4) is 0 Å². The van der Waals surface area contributed by atoms with Gasteiger partial charge in [-0.15, -0.1) is 0 Å². The molecular weight excluding hydrogens is 541 g/mol. The predicted molar refractivity (Wildman–Crippen MR) is 144 cm³/mol. The summed E-state index contributed by atoms with van der Waals surface area (Å²) < 4.78 is 37.2. The number of carbonyl (C=O) groups excluding carboxylic acids is 2. The fraction of sp³-hybridized carbons (Fsp3) is 0.440. The largest absolute Gasteiger partial charge is 0.454 e. The highest BCUT2D eigenvalue weighted by molar-refractivity contribution is 7.92. The molecule has 0 saturated carbocycles. The van der Waals surface area contributed by atoms with Gasteiger partial charge in [0.1, 0.15) is 12.6 Å². The lowest BCUT2D eigenvalue weighted by molar-refractivity contribution is -0.141. The van der Waals surface area contributed by atoms with Gasteiger partial charge in [0.2, 0.25) is 28.6 Å². The van der Waals surface area contributed by atoms with E-state index in [1.165, 1.54) is 17.0 Å². The number of carbonyl (C=O) groups is 2. The number of sulfonamides is 1. The second-order valence-corrected chi connectivity index (χ2v) is 12.5. The van der Waals surface area contributed by atoms with Crippen LogP contribution in [0.4, 0.5) is 5.69 Å². The minimum Gasteiger partial charge on any atom is -0.454 e. The highest BCUT2D eigenvalue weighted by Gasteiger charge is 2.33. The van der Waals surface area contributed by atoms with Crippen molar-refractivity contribution in [1.82, 2.24) is 10.2 Å². The summed E-state index contributed by atoms with van der Waals surface area (Å²) in [4.78, 5) is 28.3. The van der Waals surface area contributed by atoms with Crippen molar-refractivity contribution in [2.24, 2.45) is 0 Å². The van der Waals surface area contributed by atoms with Gasteiger partial charge in [0.15, 0.2) is 11.5 Å². The first-order chi connectivity index (χ1) is 17.2. The molecule has 1 atom stereocenters. The van der Waals surface area contributed by atoms with Gasteiger partial charge < -0.3 is 19.7 Å². The summed E-state index contributed by atoms with van der Waals surface area (Å²) >= 11 is 12.4. The van der Waals surface area contributed by atoms with Crippen molar-refractivity contribution in [3.63, 3.8) is 0 Å². The van der Waals surface area contributed by atoms with E-state index in [9.17, 15) is 18.0 Å². The number of halogens is 2. The lowest BCUT2D eigenvalue weighted by atomic mass is 10.1. The number of nitrogens with one attached hydrogen (secondary N) is 1. The van der Waals surface area contributed by atoms with Gasteiger partial charge in [-0.25, -0.2) is 8.42 Å². The monoisotopic (exact) mass is 571 g/mol. The van der Waals surface area contributed by atoms with E-state index in [-0.39, 0.29) is 24.9 Å². The van der Waals surface area contributed by atoms with Crippen LogP contribution in [-0.4, -0.2) is 56.3 Å². The Morgan fingerprint density at radius 2 is 1.76 bits per heavy atom. The van der Waals surface area contributed by atoms with Gasteiger partial charge in [-0.3, -0.25) is 13.9 Å². The minimum absolute atomic E-state index is 0.0211. The quantitative estimate of drug-likeness (QED) is 0.483. The summed E-state index contributed by atoms with van der Waals surface area (Å²) in [7, 11) is -3.89. The van der Waals surface area contributed by atoms with Gasteiger partial charge >= 0.3 is 0 Å². The molecule has 12 heteroatoms. The molecule has 2 aromatic rings. The van der Waals surface area contributed by atoms with Crippen molar-refractivity contribution in [3.8, 4) is 11.5 Å². The van der Waals surface area contributed by atoms with Gasteiger partial charge in [-0.1, -0.05) is 36.2 Å². The Morgan fingerprint density at radius 3 is 2.35 bits per heavy atom. The van der Waals surface area contributed by atoms with Gasteiger partial charge in [-0.2, -0.15) is 0 Å². The third-order valence-electron chi connectivity index (χ3n) is 5.56. The van der Waals surface area contributed by atoms with Crippen molar-refractivity contribution in [2.75, 3.05) is 23.9 Å². The van der Waals surface area contributed by atoms with E-state index in [0.717, 1.165) is 10.6 Å². The molecule has 1 N–H and O–H groups in total. The van der Waals surface area contributed by atoms with E-state index >= 15 is 0 Å². The Labute approximate surface area is 227 Å². The van der Waals surface area contributed by atoms with E-state index in [2.05, 4.69) is 5.32 Å². The molecule has 37 heavy (non-hydrogen) atoms. The molecule has 1 aliphatic heterocycles. The second kappa shape index (κ2) is 11.4. The molecular formula is C25H31Cl2N3O6S. The average Bonchev–Trinajstić information content (AvgIpc) is 3.24. The van der Waals surface area contributed by atoms with Crippen molar-refractivity contribution < 1.29 is 27.5 Å². The van der Waals surface area contributed by atoms with Crippen LogP contribution in [-0.2, 0) is 26.2 Å². The minimum atomic E-state index is -3.89. The Kier molecular flexibility index (Phi) is 8.87. The predicted octanol–water partition coefficient (Wildman–Crippen LogP) is 4.21. The van der Waals surface area contributed by atoms with E-state index < -0.39 is 34.1 Å². The summed E-state index contributed by atoms with van der Waals surface area (Å²) in [5.41, 5.74) is 0.259. The molecule has 9 nitrogen and oxygen atoms in total. The first-order valence-electron chi connectivity index (χ1n) is 11.6. The normalized spacial score (nSPS) is 13.7. The number of anilines is 1.